The number of ether oxygens (including phenoxy) is 1. The van der Waals surface area contributed by atoms with Gasteiger partial charge in [0.15, 0.2) is 0 Å². The lowest BCUT2D eigenvalue weighted by Crippen LogP contribution is -2.40. The summed E-state index contributed by atoms with van der Waals surface area (Å²) in [6, 6.07) is 5.74. The zero-order valence-electron chi connectivity index (χ0n) is 13.3. The number of piperidine rings is 1. The van der Waals surface area contributed by atoms with Gasteiger partial charge in [-0.2, -0.15) is 0 Å². The zero-order chi connectivity index (χ0) is 15.5. The molecule has 5 nitrogen and oxygen atoms in total. The van der Waals surface area contributed by atoms with Crippen molar-refractivity contribution in [3.05, 3.63) is 34.9 Å². The number of rotatable bonds is 4. The fourth-order valence-electron chi connectivity index (χ4n) is 3.36. The molecule has 22 heavy (non-hydrogen) atoms. The first-order valence-corrected chi connectivity index (χ1v) is 8.00. The van der Waals surface area contributed by atoms with Crippen molar-refractivity contribution < 1.29 is 4.74 Å². The molecule has 1 unspecified atom stereocenters. The Kier molecular flexibility index (Phi) is 4.43. The smallest absolute Gasteiger partial charge is 0.265 e. The molecule has 1 fully saturated rings. The lowest BCUT2D eigenvalue weighted by atomic mass is 10.0. The molecular weight excluding hydrogens is 278 g/mol. The van der Waals surface area contributed by atoms with Crippen LogP contribution >= 0.6 is 0 Å². The number of fused-ring (bicyclic) bond motifs is 1. The molecule has 0 radical (unpaired) electrons. The highest BCUT2D eigenvalue weighted by Gasteiger charge is 2.22. The molecule has 118 valence electrons. The minimum atomic E-state index is 0.00537. The molecule has 0 amide bonds. The summed E-state index contributed by atoms with van der Waals surface area (Å²) < 4.78 is 7.14. The van der Waals surface area contributed by atoms with E-state index in [9.17, 15) is 4.79 Å². The third kappa shape index (κ3) is 2.73. The van der Waals surface area contributed by atoms with E-state index in [1.54, 1.807) is 18.0 Å². The number of likely N-dealkylation sites (tertiary alicyclic amines) is 1. The summed E-state index contributed by atoms with van der Waals surface area (Å²) in [7, 11) is 1.59. The fraction of sp³-hybridized carbons (Fsp3) is 0.529. The van der Waals surface area contributed by atoms with Crippen molar-refractivity contribution in [2.24, 2.45) is 0 Å². The van der Waals surface area contributed by atoms with Gasteiger partial charge >= 0.3 is 0 Å². The summed E-state index contributed by atoms with van der Waals surface area (Å²) in [5.41, 5.74) is 0.702. The normalized spacial score (nSPS) is 19.5. The topological polar surface area (TPSA) is 47.4 Å². The second-order valence-electron chi connectivity index (χ2n) is 5.91. The first-order chi connectivity index (χ1) is 10.7. The predicted molar refractivity (Wildman–Crippen MR) is 87.6 cm³/mol. The Labute approximate surface area is 130 Å². The first kappa shape index (κ1) is 15.0. The van der Waals surface area contributed by atoms with Crippen LogP contribution < -0.4 is 10.3 Å². The highest BCUT2D eigenvalue weighted by molar-refractivity contribution is 5.83. The molecule has 0 bridgehead atoms. The van der Waals surface area contributed by atoms with Gasteiger partial charge in [-0.1, -0.05) is 13.0 Å². The molecule has 1 aromatic carbocycles. The van der Waals surface area contributed by atoms with Crippen LogP contribution in [0.3, 0.4) is 0 Å². The van der Waals surface area contributed by atoms with Crippen LogP contribution in [-0.2, 0) is 0 Å². The number of hydrogen-bond donors (Lipinski definition) is 0. The maximum Gasteiger partial charge on any atom is 0.265 e. The minimum absolute atomic E-state index is 0.00537. The standard InChI is InChI=1S/C17H23N3O2/c1-3-9-19-10-5-6-13(11-19)20-12-18-14-7-4-8-15(22-2)16(14)17(20)21/h4,7-8,12-13H,3,5-6,9-11H2,1-2H3. The van der Waals surface area contributed by atoms with E-state index in [1.165, 1.54) is 0 Å². The van der Waals surface area contributed by atoms with Gasteiger partial charge < -0.3 is 9.64 Å². The number of nitrogens with zero attached hydrogens (tertiary/aromatic N) is 3. The van der Waals surface area contributed by atoms with E-state index < -0.39 is 0 Å². The van der Waals surface area contributed by atoms with Crippen LogP contribution in [0.5, 0.6) is 5.75 Å². The van der Waals surface area contributed by atoms with Crippen LogP contribution in [0.1, 0.15) is 32.2 Å². The molecule has 1 aliphatic heterocycles. The maximum atomic E-state index is 12.9. The van der Waals surface area contributed by atoms with Crippen molar-refractivity contribution in [3.63, 3.8) is 0 Å². The summed E-state index contributed by atoms with van der Waals surface area (Å²) in [5, 5.41) is 0.583. The van der Waals surface area contributed by atoms with E-state index >= 15 is 0 Å². The SMILES string of the molecule is CCCN1CCCC(n2cnc3cccc(OC)c3c2=O)C1. The van der Waals surface area contributed by atoms with Crippen LogP contribution in [0, 0.1) is 0 Å². The summed E-state index contributed by atoms with van der Waals surface area (Å²) in [6.07, 6.45) is 5.00. The Balaban J connectivity index is 2.01. The van der Waals surface area contributed by atoms with E-state index in [2.05, 4.69) is 16.8 Å². The highest BCUT2D eigenvalue weighted by atomic mass is 16.5. The summed E-state index contributed by atoms with van der Waals surface area (Å²) >= 11 is 0. The van der Waals surface area contributed by atoms with Gasteiger partial charge in [0.1, 0.15) is 11.1 Å². The molecule has 0 aliphatic carbocycles. The molecule has 1 saturated heterocycles. The van der Waals surface area contributed by atoms with Crippen LogP contribution in [0.25, 0.3) is 10.9 Å². The first-order valence-electron chi connectivity index (χ1n) is 8.00. The maximum absolute atomic E-state index is 12.9. The van der Waals surface area contributed by atoms with E-state index in [1.807, 2.05) is 18.2 Å². The molecule has 0 spiro atoms. The second kappa shape index (κ2) is 6.48. The van der Waals surface area contributed by atoms with Gasteiger partial charge in [0.05, 0.1) is 25.0 Å². The Morgan fingerprint density at radius 3 is 3.05 bits per heavy atom. The lowest BCUT2D eigenvalue weighted by Gasteiger charge is -2.33. The van der Waals surface area contributed by atoms with Crippen molar-refractivity contribution in [1.82, 2.24) is 14.5 Å². The fourth-order valence-corrected chi connectivity index (χ4v) is 3.36. The molecule has 2 heterocycles. The molecule has 3 rings (SSSR count). The predicted octanol–water partition coefficient (Wildman–Crippen LogP) is 2.45. The average Bonchev–Trinajstić information content (AvgIpc) is 2.55. The van der Waals surface area contributed by atoms with E-state index in [-0.39, 0.29) is 11.6 Å². The third-order valence-corrected chi connectivity index (χ3v) is 4.41. The third-order valence-electron chi connectivity index (χ3n) is 4.41. The van der Waals surface area contributed by atoms with Crippen LogP contribution in [0.4, 0.5) is 0 Å². The van der Waals surface area contributed by atoms with Crippen molar-refractivity contribution in [1.29, 1.82) is 0 Å². The Morgan fingerprint density at radius 2 is 2.27 bits per heavy atom. The minimum Gasteiger partial charge on any atom is -0.496 e. The van der Waals surface area contributed by atoms with Crippen LogP contribution in [0.15, 0.2) is 29.3 Å². The second-order valence-corrected chi connectivity index (χ2v) is 5.91. The summed E-state index contributed by atoms with van der Waals surface area (Å²) in [4.78, 5) is 19.8. The van der Waals surface area contributed by atoms with Gasteiger partial charge in [0.2, 0.25) is 0 Å². The number of benzene rings is 1. The quantitative estimate of drug-likeness (QED) is 0.870. The van der Waals surface area contributed by atoms with E-state index in [0.717, 1.165) is 38.9 Å². The summed E-state index contributed by atoms with van der Waals surface area (Å²) in [5.74, 6) is 0.602. The molecule has 1 atom stereocenters. The number of methoxy groups -OCH3 is 1. The summed E-state index contributed by atoms with van der Waals surface area (Å²) in [6.45, 7) is 5.34. The molecule has 2 aromatic rings. The number of hydrogen-bond acceptors (Lipinski definition) is 4. The Morgan fingerprint density at radius 1 is 1.41 bits per heavy atom. The van der Waals surface area contributed by atoms with Crippen molar-refractivity contribution >= 4 is 10.9 Å². The van der Waals surface area contributed by atoms with Crippen molar-refractivity contribution in [3.8, 4) is 5.75 Å². The monoisotopic (exact) mass is 301 g/mol. The van der Waals surface area contributed by atoms with Gasteiger partial charge in [-0.3, -0.25) is 9.36 Å². The molecule has 0 N–H and O–H groups in total. The largest absolute Gasteiger partial charge is 0.496 e. The highest BCUT2D eigenvalue weighted by Crippen LogP contribution is 2.23. The van der Waals surface area contributed by atoms with Crippen LogP contribution in [-0.4, -0.2) is 41.2 Å². The van der Waals surface area contributed by atoms with Crippen molar-refractivity contribution in [2.45, 2.75) is 32.2 Å². The Hall–Kier alpha value is -1.88. The zero-order valence-corrected chi connectivity index (χ0v) is 13.3. The van der Waals surface area contributed by atoms with Gasteiger partial charge in [0.25, 0.3) is 5.56 Å². The molecule has 1 aromatic heterocycles. The molecule has 1 aliphatic rings. The average molecular weight is 301 g/mol. The molecule has 0 saturated carbocycles. The van der Waals surface area contributed by atoms with E-state index in [4.69, 9.17) is 4.74 Å². The van der Waals surface area contributed by atoms with Gasteiger partial charge in [-0.05, 0) is 44.5 Å². The van der Waals surface area contributed by atoms with E-state index in [0.29, 0.717) is 16.7 Å². The molecular formula is C17H23N3O2. The van der Waals surface area contributed by atoms with Crippen molar-refractivity contribution in [2.75, 3.05) is 26.7 Å². The van der Waals surface area contributed by atoms with Crippen LogP contribution in [0.2, 0.25) is 0 Å². The van der Waals surface area contributed by atoms with Gasteiger partial charge in [-0.15, -0.1) is 0 Å². The lowest BCUT2D eigenvalue weighted by molar-refractivity contribution is 0.175. The molecule has 5 heteroatoms. The number of aromatic nitrogens is 2. The van der Waals surface area contributed by atoms with Gasteiger partial charge in [-0.25, -0.2) is 4.98 Å². The Bertz CT molecular complexity index is 709. The van der Waals surface area contributed by atoms with Gasteiger partial charge in [0, 0.05) is 6.54 Å².